The van der Waals surface area contributed by atoms with E-state index in [1.807, 2.05) is 0 Å². The minimum atomic E-state index is 0.810. The molecular formula is C17H27BrN2O. The van der Waals surface area contributed by atoms with Crippen LogP contribution in [0.15, 0.2) is 22.7 Å². The molecule has 1 aliphatic carbocycles. The van der Waals surface area contributed by atoms with Gasteiger partial charge in [0.25, 0.3) is 0 Å². The van der Waals surface area contributed by atoms with Gasteiger partial charge in [0.2, 0.25) is 0 Å². The highest BCUT2D eigenvalue weighted by atomic mass is 79.9. The van der Waals surface area contributed by atoms with E-state index < -0.39 is 0 Å². The van der Waals surface area contributed by atoms with E-state index in [1.54, 1.807) is 0 Å². The fourth-order valence-electron chi connectivity index (χ4n) is 2.32. The second-order valence-corrected chi connectivity index (χ2v) is 6.81. The summed E-state index contributed by atoms with van der Waals surface area (Å²) in [4.78, 5) is 2.29. The molecule has 1 fully saturated rings. The molecule has 0 aromatic heterocycles. The van der Waals surface area contributed by atoms with E-state index in [4.69, 9.17) is 4.74 Å². The predicted molar refractivity (Wildman–Crippen MR) is 93.0 cm³/mol. The van der Waals surface area contributed by atoms with Crippen molar-refractivity contribution < 1.29 is 4.74 Å². The number of anilines is 1. The van der Waals surface area contributed by atoms with Crippen LogP contribution in [-0.2, 0) is 11.3 Å². The summed E-state index contributed by atoms with van der Waals surface area (Å²) >= 11 is 3.57. The number of ether oxygens (including phenoxy) is 1. The number of likely N-dealkylation sites (N-methyl/N-ethyl adjacent to an activating group) is 1. The lowest BCUT2D eigenvalue weighted by Gasteiger charge is -2.23. The van der Waals surface area contributed by atoms with Gasteiger partial charge in [-0.05, 0) is 55.5 Å². The van der Waals surface area contributed by atoms with E-state index >= 15 is 0 Å². The van der Waals surface area contributed by atoms with Gasteiger partial charge < -0.3 is 15.0 Å². The number of benzene rings is 1. The zero-order valence-corrected chi connectivity index (χ0v) is 14.8. The third-order valence-electron chi connectivity index (χ3n) is 3.82. The van der Waals surface area contributed by atoms with Crippen molar-refractivity contribution in [3.05, 3.63) is 28.2 Å². The molecule has 0 heterocycles. The number of nitrogens with one attached hydrogen (secondary N) is 1. The van der Waals surface area contributed by atoms with Crippen molar-refractivity contribution in [1.29, 1.82) is 0 Å². The molecule has 0 amide bonds. The SMILES string of the molecule is CCCNCc1cc(Br)ccc1N(C)CCOCC1CC1. The maximum Gasteiger partial charge on any atom is 0.0641 e. The van der Waals surface area contributed by atoms with E-state index in [1.165, 1.54) is 24.1 Å². The van der Waals surface area contributed by atoms with Gasteiger partial charge in [0.1, 0.15) is 0 Å². The number of rotatable bonds is 10. The first-order valence-electron chi connectivity index (χ1n) is 7.98. The molecule has 1 aliphatic rings. The smallest absolute Gasteiger partial charge is 0.0641 e. The molecule has 0 unspecified atom stereocenters. The van der Waals surface area contributed by atoms with Crippen LogP contribution in [-0.4, -0.2) is 33.4 Å². The molecule has 0 aliphatic heterocycles. The standard InChI is InChI=1S/C17H27BrN2O/c1-3-8-19-12-15-11-16(18)6-7-17(15)20(2)9-10-21-13-14-4-5-14/h6-7,11,14,19H,3-5,8-10,12-13H2,1-2H3. The molecular weight excluding hydrogens is 328 g/mol. The van der Waals surface area contributed by atoms with Crippen molar-refractivity contribution in [1.82, 2.24) is 5.32 Å². The maximum atomic E-state index is 5.75. The first-order chi connectivity index (χ1) is 10.2. The van der Waals surface area contributed by atoms with Crippen molar-refractivity contribution in [2.75, 3.05) is 38.3 Å². The number of nitrogens with zero attached hydrogens (tertiary/aromatic N) is 1. The van der Waals surface area contributed by atoms with Gasteiger partial charge in [-0.25, -0.2) is 0 Å². The fraction of sp³-hybridized carbons (Fsp3) is 0.647. The Kier molecular flexibility index (Phi) is 7.00. The van der Waals surface area contributed by atoms with E-state index in [-0.39, 0.29) is 0 Å². The minimum absolute atomic E-state index is 0.810. The molecule has 1 N–H and O–H groups in total. The van der Waals surface area contributed by atoms with E-state index in [0.29, 0.717) is 0 Å². The lowest BCUT2D eigenvalue weighted by molar-refractivity contribution is 0.131. The highest BCUT2D eigenvalue weighted by Crippen LogP contribution is 2.29. The predicted octanol–water partition coefficient (Wildman–Crippen LogP) is 3.81. The molecule has 0 radical (unpaired) electrons. The molecule has 118 valence electrons. The van der Waals surface area contributed by atoms with Gasteiger partial charge >= 0.3 is 0 Å². The van der Waals surface area contributed by atoms with Gasteiger partial charge in [0.05, 0.1) is 6.61 Å². The normalized spacial score (nSPS) is 14.4. The summed E-state index contributed by atoms with van der Waals surface area (Å²) in [5, 5.41) is 3.49. The summed E-state index contributed by atoms with van der Waals surface area (Å²) in [6.07, 6.45) is 3.87. The highest BCUT2D eigenvalue weighted by Gasteiger charge is 2.21. The van der Waals surface area contributed by atoms with Crippen LogP contribution in [0.5, 0.6) is 0 Å². The quantitative estimate of drug-likeness (QED) is 0.646. The molecule has 0 saturated heterocycles. The minimum Gasteiger partial charge on any atom is -0.379 e. The monoisotopic (exact) mass is 354 g/mol. The first-order valence-corrected chi connectivity index (χ1v) is 8.78. The summed E-state index contributed by atoms with van der Waals surface area (Å²) in [6.45, 7) is 6.85. The van der Waals surface area contributed by atoms with Gasteiger partial charge in [-0.15, -0.1) is 0 Å². The van der Waals surface area contributed by atoms with Crippen molar-refractivity contribution in [3.63, 3.8) is 0 Å². The van der Waals surface area contributed by atoms with Crippen molar-refractivity contribution >= 4 is 21.6 Å². The third kappa shape index (κ3) is 5.97. The topological polar surface area (TPSA) is 24.5 Å². The molecule has 1 aromatic rings. The molecule has 21 heavy (non-hydrogen) atoms. The molecule has 0 atom stereocenters. The molecule has 4 heteroatoms. The van der Waals surface area contributed by atoms with Crippen LogP contribution in [0.3, 0.4) is 0 Å². The Morgan fingerprint density at radius 1 is 1.38 bits per heavy atom. The number of hydrogen-bond acceptors (Lipinski definition) is 3. The van der Waals surface area contributed by atoms with Gasteiger partial charge in [-0.2, -0.15) is 0 Å². The summed E-state index contributed by atoms with van der Waals surface area (Å²) in [5.74, 6) is 0.844. The average Bonchev–Trinajstić information content (AvgIpc) is 3.28. The molecule has 1 aromatic carbocycles. The molecule has 0 bridgehead atoms. The van der Waals surface area contributed by atoms with Crippen LogP contribution in [0.25, 0.3) is 0 Å². The summed E-state index contributed by atoms with van der Waals surface area (Å²) < 4.78 is 6.88. The summed E-state index contributed by atoms with van der Waals surface area (Å²) in [5.41, 5.74) is 2.62. The van der Waals surface area contributed by atoms with Crippen molar-refractivity contribution in [2.24, 2.45) is 5.92 Å². The Bertz CT molecular complexity index is 435. The van der Waals surface area contributed by atoms with Gasteiger partial charge in [-0.3, -0.25) is 0 Å². The summed E-state index contributed by atoms with van der Waals surface area (Å²) in [7, 11) is 2.15. The Hall–Kier alpha value is -0.580. The molecule has 2 rings (SSSR count). The number of halogens is 1. The first kappa shape index (κ1) is 16.8. The van der Waals surface area contributed by atoms with Crippen LogP contribution in [0.2, 0.25) is 0 Å². The highest BCUT2D eigenvalue weighted by molar-refractivity contribution is 9.10. The summed E-state index contributed by atoms with van der Waals surface area (Å²) in [6, 6.07) is 6.51. The van der Waals surface area contributed by atoms with E-state index in [0.717, 1.165) is 49.7 Å². The van der Waals surface area contributed by atoms with Crippen LogP contribution in [0.4, 0.5) is 5.69 Å². The van der Waals surface area contributed by atoms with Crippen LogP contribution in [0.1, 0.15) is 31.7 Å². The van der Waals surface area contributed by atoms with E-state index in [2.05, 4.69) is 58.3 Å². The molecule has 3 nitrogen and oxygen atoms in total. The van der Waals surface area contributed by atoms with Crippen molar-refractivity contribution in [3.8, 4) is 0 Å². The average molecular weight is 355 g/mol. The van der Waals surface area contributed by atoms with Crippen LogP contribution < -0.4 is 10.2 Å². The lowest BCUT2D eigenvalue weighted by Crippen LogP contribution is -2.25. The number of hydrogen-bond donors (Lipinski definition) is 1. The Labute approximate surface area is 137 Å². The third-order valence-corrected chi connectivity index (χ3v) is 4.31. The van der Waals surface area contributed by atoms with Crippen molar-refractivity contribution in [2.45, 2.75) is 32.7 Å². The lowest BCUT2D eigenvalue weighted by atomic mass is 10.1. The zero-order valence-electron chi connectivity index (χ0n) is 13.2. The molecule has 0 spiro atoms. The second kappa shape index (κ2) is 8.76. The fourth-order valence-corrected chi connectivity index (χ4v) is 2.73. The van der Waals surface area contributed by atoms with Crippen LogP contribution in [0, 0.1) is 5.92 Å². The van der Waals surface area contributed by atoms with Gasteiger partial charge in [0.15, 0.2) is 0 Å². The van der Waals surface area contributed by atoms with Crippen LogP contribution >= 0.6 is 15.9 Å². The Morgan fingerprint density at radius 3 is 2.90 bits per heavy atom. The Morgan fingerprint density at radius 2 is 2.19 bits per heavy atom. The largest absolute Gasteiger partial charge is 0.379 e. The van der Waals surface area contributed by atoms with E-state index in [9.17, 15) is 0 Å². The second-order valence-electron chi connectivity index (χ2n) is 5.89. The zero-order chi connectivity index (χ0) is 15.1. The van der Waals surface area contributed by atoms with Gasteiger partial charge in [0, 0.05) is 36.9 Å². The van der Waals surface area contributed by atoms with Gasteiger partial charge in [-0.1, -0.05) is 22.9 Å². The maximum absolute atomic E-state index is 5.75. The Balaban J connectivity index is 1.85. The molecule has 1 saturated carbocycles.